The van der Waals surface area contributed by atoms with Crippen LogP contribution in [0.4, 0.5) is 11.4 Å². The van der Waals surface area contributed by atoms with Gasteiger partial charge >= 0.3 is 0 Å². The van der Waals surface area contributed by atoms with Crippen LogP contribution >= 0.6 is 34.8 Å². The Morgan fingerprint density at radius 1 is 1.00 bits per heavy atom. The van der Waals surface area contributed by atoms with Crippen LogP contribution in [-0.2, 0) is 14.8 Å². The highest BCUT2D eigenvalue weighted by Gasteiger charge is 2.30. The van der Waals surface area contributed by atoms with Crippen LogP contribution < -0.4 is 14.4 Å². The number of nitrogens with zero attached hydrogens (tertiary/aromatic N) is 1. The number of aryl methyl sites for hydroxylation is 1. The van der Waals surface area contributed by atoms with E-state index in [1.807, 2.05) is 0 Å². The fraction of sp³-hybridized carbons (Fsp3) is 0.136. The van der Waals surface area contributed by atoms with Gasteiger partial charge < -0.3 is 10.1 Å². The number of nitrogens with one attached hydrogen (secondary N) is 1. The summed E-state index contributed by atoms with van der Waals surface area (Å²) in [4.78, 5) is 12.8. The lowest BCUT2D eigenvalue weighted by Gasteiger charge is -2.25. The molecule has 10 heteroatoms. The molecule has 0 unspecified atom stereocenters. The first-order chi connectivity index (χ1) is 15.1. The summed E-state index contributed by atoms with van der Waals surface area (Å²) in [6.45, 7) is 1.22. The smallest absolute Gasteiger partial charge is 0.268 e. The van der Waals surface area contributed by atoms with E-state index in [-0.39, 0.29) is 32.1 Å². The van der Waals surface area contributed by atoms with Crippen molar-refractivity contribution in [2.75, 3.05) is 23.3 Å². The van der Waals surface area contributed by atoms with Crippen molar-refractivity contribution in [3.63, 3.8) is 0 Å². The molecule has 6 nitrogen and oxygen atoms in total. The molecule has 3 aromatic rings. The summed E-state index contributed by atoms with van der Waals surface area (Å²) in [5, 5.41) is 3.47. The minimum absolute atomic E-state index is 0.0708. The van der Waals surface area contributed by atoms with Crippen molar-refractivity contribution in [3.05, 3.63) is 81.3 Å². The van der Waals surface area contributed by atoms with Gasteiger partial charge in [0.25, 0.3) is 10.0 Å². The molecular weight excluding hydrogens is 495 g/mol. The molecule has 0 radical (unpaired) electrons. The second-order valence-corrected chi connectivity index (χ2v) is 9.87. The average molecular weight is 514 g/mol. The van der Waals surface area contributed by atoms with Gasteiger partial charge in [-0.2, -0.15) is 0 Å². The number of ether oxygens (including phenoxy) is 1. The number of amides is 1. The third-order valence-electron chi connectivity index (χ3n) is 4.52. The van der Waals surface area contributed by atoms with Gasteiger partial charge in [-0.25, -0.2) is 8.42 Å². The van der Waals surface area contributed by atoms with Gasteiger partial charge in [0.15, 0.2) is 0 Å². The molecule has 0 fully saturated rings. The second kappa shape index (κ2) is 10.0. The topological polar surface area (TPSA) is 75.7 Å². The Kier molecular flexibility index (Phi) is 7.56. The van der Waals surface area contributed by atoms with Crippen LogP contribution in [-0.4, -0.2) is 28.0 Å². The number of methoxy groups -OCH3 is 1. The van der Waals surface area contributed by atoms with E-state index in [4.69, 9.17) is 39.5 Å². The molecule has 3 aromatic carbocycles. The lowest BCUT2D eigenvalue weighted by molar-refractivity contribution is -0.114. The quantitative estimate of drug-likeness (QED) is 0.433. The number of sulfonamides is 1. The van der Waals surface area contributed by atoms with Crippen LogP contribution in [0.2, 0.25) is 15.1 Å². The maximum atomic E-state index is 13.7. The van der Waals surface area contributed by atoms with Gasteiger partial charge in [-0.1, -0.05) is 46.9 Å². The first-order valence-electron chi connectivity index (χ1n) is 9.30. The summed E-state index contributed by atoms with van der Waals surface area (Å²) in [5.74, 6) is -0.478. The van der Waals surface area contributed by atoms with Crippen molar-refractivity contribution < 1.29 is 17.9 Å². The zero-order chi connectivity index (χ0) is 23.5. The van der Waals surface area contributed by atoms with Crippen LogP contribution in [0.5, 0.6) is 5.75 Å². The summed E-state index contributed by atoms with van der Waals surface area (Å²) in [7, 11) is -2.82. The number of carbonyl (C=O) groups excluding carboxylic acids is 1. The molecule has 1 N–H and O–H groups in total. The number of hydrogen-bond acceptors (Lipinski definition) is 4. The summed E-state index contributed by atoms with van der Waals surface area (Å²) in [6.07, 6.45) is 0. The van der Waals surface area contributed by atoms with Crippen molar-refractivity contribution in [3.8, 4) is 5.75 Å². The van der Waals surface area contributed by atoms with E-state index >= 15 is 0 Å². The second-order valence-electron chi connectivity index (χ2n) is 6.79. The number of rotatable bonds is 7. The van der Waals surface area contributed by atoms with Gasteiger partial charge in [0, 0.05) is 5.02 Å². The minimum Gasteiger partial charge on any atom is -0.495 e. The number of anilines is 2. The van der Waals surface area contributed by atoms with Gasteiger partial charge in [-0.3, -0.25) is 9.10 Å². The summed E-state index contributed by atoms with van der Waals surface area (Å²) in [5.41, 5.74) is 1.16. The van der Waals surface area contributed by atoms with Crippen molar-refractivity contribution in [2.24, 2.45) is 0 Å². The van der Waals surface area contributed by atoms with Crippen LogP contribution in [0.15, 0.2) is 65.6 Å². The van der Waals surface area contributed by atoms with E-state index in [2.05, 4.69) is 5.32 Å². The molecule has 0 spiro atoms. The van der Waals surface area contributed by atoms with Crippen molar-refractivity contribution >= 4 is 62.1 Å². The monoisotopic (exact) mass is 512 g/mol. The van der Waals surface area contributed by atoms with Gasteiger partial charge in [0.1, 0.15) is 17.2 Å². The predicted molar refractivity (Wildman–Crippen MR) is 129 cm³/mol. The molecular formula is C22H19Cl3N2O4S. The Balaban J connectivity index is 2.04. The van der Waals surface area contributed by atoms with E-state index in [1.54, 1.807) is 37.3 Å². The summed E-state index contributed by atoms with van der Waals surface area (Å²) in [6, 6.07) is 15.6. The highest BCUT2D eigenvalue weighted by molar-refractivity contribution is 7.93. The largest absolute Gasteiger partial charge is 0.495 e. The van der Waals surface area contributed by atoms with Crippen molar-refractivity contribution in [1.82, 2.24) is 0 Å². The van der Waals surface area contributed by atoms with E-state index in [1.165, 1.54) is 37.4 Å². The molecule has 0 aliphatic heterocycles. The third kappa shape index (κ3) is 5.30. The molecule has 32 heavy (non-hydrogen) atoms. The normalized spacial score (nSPS) is 11.2. The van der Waals surface area contributed by atoms with Gasteiger partial charge in [-0.15, -0.1) is 0 Å². The molecule has 1 amide bonds. The van der Waals surface area contributed by atoms with Crippen molar-refractivity contribution in [2.45, 2.75) is 11.8 Å². The first kappa shape index (κ1) is 24.2. The van der Waals surface area contributed by atoms with E-state index < -0.39 is 22.5 Å². The predicted octanol–water partition coefficient (Wildman–Crippen LogP) is 5.80. The van der Waals surface area contributed by atoms with Gasteiger partial charge in [0.2, 0.25) is 5.91 Å². The molecule has 0 saturated heterocycles. The van der Waals surface area contributed by atoms with E-state index in [0.29, 0.717) is 10.6 Å². The van der Waals surface area contributed by atoms with Crippen molar-refractivity contribution in [1.29, 1.82) is 0 Å². The highest BCUT2D eigenvalue weighted by atomic mass is 35.5. The SMILES string of the molecule is COc1ccc(C)cc1S(=O)(=O)N(CC(=O)Nc1c(Cl)cccc1Cl)c1ccc(Cl)cc1. The Morgan fingerprint density at radius 3 is 2.22 bits per heavy atom. The summed E-state index contributed by atoms with van der Waals surface area (Å²) < 4.78 is 33.5. The molecule has 0 bridgehead atoms. The molecule has 0 saturated carbocycles. The maximum absolute atomic E-state index is 13.7. The molecule has 0 aromatic heterocycles. The highest BCUT2D eigenvalue weighted by Crippen LogP contribution is 2.33. The van der Waals surface area contributed by atoms with Gasteiger partial charge in [0.05, 0.1) is 28.5 Å². The Labute approximate surface area is 201 Å². The standard InChI is InChI=1S/C22H19Cl3N2O4S/c1-14-6-11-19(31-2)20(12-14)32(29,30)27(16-9-7-15(23)8-10-16)13-21(28)26-22-17(24)4-3-5-18(22)25/h3-12H,13H2,1-2H3,(H,26,28). The molecule has 0 atom stereocenters. The lowest BCUT2D eigenvalue weighted by atomic mass is 10.2. The number of halogens is 3. The number of carbonyl (C=O) groups is 1. The molecule has 168 valence electrons. The molecule has 3 rings (SSSR count). The Hall–Kier alpha value is -2.45. The van der Waals surface area contributed by atoms with Crippen LogP contribution in [0.3, 0.4) is 0 Å². The Bertz CT molecular complexity index is 1230. The number of para-hydroxylation sites is 1. The fourth-order valence-electron chi connectivity index (χ4n) is 2.95. The number of hydrogen-bond donors (Lipinski definition) is 1. The van der Waals surface area contributed by atoms with Gasteiger partial charge in [-0.05, 0) is 61.0 Å². The van der Waals surface area contributed by atoms with Crippen LogP contribution in [0.1, 0.15) is 5.56 Å². The maximum Gasteiger partial charge on any atom is 0.268 e. The first-order valence-corrected chi connectivity index (χ1v) is 11.9. The third-order valence-corrected chi connectivity index (χ3v) is 7.19. The van der Waals surface area contributed by atoms with E-state index in [0.717, 1.165) is 4.31 Å². The van der Waals surface area contributed by atoms with Crippen LogP contribution in [0, 0.1) is 6.92 Å². The lowest BCUT2D eigenvalue weighted by Crippen LogP contribution is -2.38. The minimum atomic E-state index is -4.20. The molecule has 0 aliphatic carbocycles. The van der Waals surface area contributed by atoms with E-state index in [9.17, 15) is 13.2 Å². The average Bonchev–Trinajstić information content (AvgIpc) is 2.75. The zero-order valence-electron chi connectivity index (χ0n) is 17.1. The number of benzene rings is 3. The van der Waals surface area contributed by atoms with Crippen LogP contribution in [0.25, 0.3) is 0 Å². The Morgan fingerprint density at radius 2 is 1.62 bits per heavy atom. The molecule has 0 heterocycles. The fourth-order valence-corrected chi connectivity index (χ4v) is 5.24. The summed E-state index contributed by atoms with van der Waals surface area (Å²) >= 11 is 18.2. The zero-order valence-corrected chi connectivity index (χ0v) is 20.2. The molecule has 0 aliphatic rings.